The van der Waals surface area contributed by atoms with E-state index in [1.54, 1.807) is 17.0 Å². The van der Waals surface area contributed by atoms with Gasteiger partial charge < -0.3 is 19.3 Å². The van der Waals surface area contributed by atoms with Gasteiger partial charge in [0.15, 0.2) is 0 Å². The van der Waals surface area contributed by atoms with Crippen molar-refractivity contribution in [3.8, 4) is 5.75 Å². The van der Waals surface area contributed by atoms with E-state index < -0.39 is 0 Å². The lowest BCUT2D eigenvalue weighted by atomic mass is 9.92. The normalized spacial score (nSPS) is 19.2. The molecule has 0 spiro atoms. The number of amides is 1. The first-order chi connectivity index (χ1) is 14.0. The van der Waals surface area contributed by atoms with E-state index in [9.17, 15) is 4.79 Å². The number of carbonyl (C=O) groups excluding carboxylic acids is 1. The predicted molar refractivity (Wildman–Crippen MR) is 121 cm³/mol. The summed E-state index contributed by atoms with van der Waals surface area (Å²) in [6, 6.07) is 7.53. The highest BCUT2D eigenvalue weighted by molar-refractivity contribution is 9.10. The number of carbonyl (C=O) groups is 1. The van der Waals surface area contributed by atoms with Crippen molar-refractivity contribution in [3.63, 3.8) is 0 Å². The molecule has 1 amide bonds. The molecule has 0 radical (unpaired) electrons. The fourth-order valence-electron chi connectivity index (χ4n) is 3.65. The van der Waals surface area contributed by atoms with Crippen LogP contribution in [0.5, 0.6) is 5.75 Å². The molecule has 0 N–H and O–H groups in total. The van der Waals surface area contributed by atoms with Crippen molar-refractivity contribution in [3.05, 3.63) is 41.4 Å². The van der Waals surface area contributed by atoms with Crippen LogP contribution in [0.3, 0.4) is 0 Å². The van der Waals surface area contributed by atoms with Crippen LogP contribution in [0.4, 0.5) is 4.79 Å². The highest BCUT2D eigenvalue weighted by Gasteiger charge is 2.27. The Bertz CT molecular complexity index is 615. The van der Waals surface area contributed by atoms with Crippen LogP contribution in [0.15, 0.2) is 41.4 Å². The van der Waals surface area contributed by atoms with Crippen LogP contribution in [-0.4, -0.2) is 61.8 Å². The molecular weight excluding hydrogens is 432 g/mol. The van der Waals surface area contributed by atoms with Gasteiger partial charge in [-0.2, -0.15) is 0 Å². The Morgan fingerprint density at radius 2 is 1.83 bits per heavy atom. The maximum absolute atomic E-state index is 12.4. The second kappa shape index (κ2) is 13.0. The lowest BCUT2D eigenvalue weighted by Crippen LogP contribution is -2.42. The van der Waals surface area contributed by atoms with Crippen molar-refractivity contribution < 1.29 is 14.3 Å². The van der Waals surface area contributed by atoms with Crippen LogP contribution in [0.25, 0.3) is 0 Å². The molecule has 5 nitrogen and oxygen atoms in total. The van der Waals surface area contributed by atoms with Crippen LogP contribution in [0, 0.1) is 0 Å². The Morgan fingerprint density at radius 3 is 2.48 bits per heavy atom. The molecule has 1 aromatic rings. The standard InChI is InChI=1S/C23H35BrN2O3/c1-4-16-25(2)17-6-5-7-18-28-21-14-10-20(11-15-21)26(3)23(27)29-22-12-8-19(24)9-13-22/h4,8-9,12-13,20-21H,1,5-7,10-11,14-18H2,2-3H3. The average molecular weight is 467 g/mol. The number of unbranched alkanes of at least 4 members (excludes halogenated alkanes) is 2. The molecule has 0 saturated heterocycles. The molecule has 0 aliphatic heterocycles. The maximum atomic E-state index is 12.4. The molecule has 0 heterocycles. The zero-order valence-electron chi connectivity index (χ0n) is 17.8. The molecule has 1 saturated carbocycles. The third-order valence-electron chi connectivity index (χ3n) is 5.48. The highest BCUT2D eigenvalue weighted by atomic mass is 79.9. The molecule has 29 heavy (non-hydrogen) atoms. The SMILES string of the molecule is C=CCN(C)CCCCCOC1CCC(N(C)C(=O)Oc2ccc(Br)cc2)CC1. The number of hydrogen-bond acceptors (Lipinski definition) is 4. The Balaban J connectivity index is 1.58. The molecule has 0 unspecified atom stereocenters. The summed E-state index contributed by atoms with van der Waals surface area (Å²) in [7, 11) is 3.96. The van der Waals surface area contributed by atoms with E-state index in [0.717, 1.165) is 56.3 Å². The van der Waals surface area contributed by atoms with Gasteiger partial charge in [0.2, 0.25) is 0 Å². The number of benzene rings is 1. The van der Waals surface area contributed by atoms with E-state index in [2.05, 4.69) is 34.5 Å². The van der Waals surface area contributed by atoms with Crippen molar-refractivity contribution in [2.75, 3.05) is 33.8 Å². The summed E-state index contributed by atoms with van der Waals surface area (Å²) in [5.41, 5.74) is 0. The number of ether oxygens (including phenoxy) is 2. The van der Waals surface area contributed by atoms with Gasteiger partial charge in [0.25, 0.3) is 0 Å². The Hall–Kier alpha value is -1.37. The number of halogens is 1. The van der Waals surface area contributed by atoms with E-state index >= 15 is 0 Å². The molecule has 6 heteroatoms. The summed E-state index contributed by atoms with van der Waals surface area (Å²) < 4.78 is 12.5. The topological polar surface area (TPSA) is 42.0 Å². The molecule has 1 aliphatic carbocycles. The van der Waals surface area contributed by atoms with Gasteiger partial charge in [-0.15, -0.1) is 6.58 Å². The molecule has 162 valence electrons. The first kappa shape index (κ1) is 23.9. The van der Waals surface area contributed by atoms with Crippen molar-refractivity contribution in [2.24, 2.45) is 0 Å². The first-order valence-corrected chi connectivity index (χ1v) is 11.4. The van der Waals surface area contributed by atoms with Gasteiger partial charge in [-0.3, -0.25) is 0 Å². The molecule has 0 aromatic heterocycles. The van der Waals surface area contributed by atoms with Gasteiger partial charge in [-0.25, -0.2) is 4.79 Å². The monoisotopic (exact) mass is 466 g/mol. The molecule has 1 aliphatic rings. The highest BCUT2D eigenvalue weighted by Crippen LogP contribution is 2.26. The van der Waals surface area contributed by atoms with Crippen LogP contribution in [0.1, 0.15) is 44.9 Å². The zero-order valence-corrected chi connectivity index (χ0v) is 19.4. The van der Waals surface area contributed by atoms with Crippen LogP contribution in [-0.2, 0) is 4.74 Å². The van der Waals surface area contributed by atoms with E-state index in [0.29, 0.717) is 11.9 Å². The predicted octanol–water partition coefficient (Wildman–Crippen LogP) is 5.50. The molecular formula is C23H35BrN2O3. The summed E-state index contributed by atoms with van der Waals surface area (Å²) >= 11 is 3.38. The second-order valence-electron chi connectivity index (χ2n) is 7.85. The molecule has 2 rings (SSSR count). The lowest BCUT2D eigenvalue weighted by molar-refractivity contribution is 0.0104. The second-order valence-corrected chi connectivity index (χ2v) is 8.76. The number of rotatable bonds is 11. The van der Waals surface area contributed by atoms with Crippen LogP contribution >= 0.6 is 15.9 Å². The third-order valence-corrected chi connectivity index (χ3v) is 6.01. The van der Waals surface area contributed by atoms with Crippen molar-refractivity contribution >= 4 is 22.0 Å². The third kappa shape index (κ3) is 8.89. The van der Waals surface area contributed by atoms with Gasteiger partial charge in [0, 0.05) is 30.7 Å². The fourth-order valence-corrected chi connectivity index (χ4v) is 3.91. The van der Waals surface area contributed by atoms with Gasteiger partial charge in [-0.05, 0) is 82.8 Å². The summed E-state index contributed by atoms with van der Waals surface area (Å²) in [4.78, 5) is 16.4. The van der Waals surface area contributed by atoms with Crippen LogP contribution in [0.2, 0.25) is 0 Å². The molecule has 0 bridgehead atoms. The Morgan fingerprint density at radius 1 is 1.14 bits per heavy atom. The molecule has 1 fully saturated rings. The summed E-state index contributed by atoms with van der Waals surface area (Å²) in [6.07, 6.45) is 9.41. The van der Waals surface area contributed by atoms with E-state index in [4.69, 9.17) is 9.47 Å². The largest absolute Gasteiger partial charge is 0.415 e. The fraction of sp³-hybridized carbons (Fsp3) is 0.609. The summed E-state index contributed by atoms with van der Waals surface area (Å²) in [5, 5.41) is 0. The lowest BCUT2D eigenvalue weighted by Gasteiger charge is -2.34. The van der Waals surface area contributed by atoms with E-state index in [1.165, 1.54) is 12.8 Å². The zero-order chi connectivity index (χ0) is 21.1. The number of nitrogens with zero attached hydrogens (tertiary/aromatic N) is 2. The van der Waals surface area contributed by atoms with Crippen molar-refractivity contribution in [1.82, 2.24) is 9.80 Å². The number of likely N-dealkylation sites (N-methyl/N-ethyl adjacent to an activating group) is 1. The minimum atomic E-state index is -0.293. The average Bonchev–Trinajstić information content (AvgIpc) is 2.72. The van der Waals surface area contributed by atoms with Gasteiger partial charge in [0.1, 0.15) is 5.75 Å². The van der Waals surface area contributed by atoms with E-state index in [-0.39, 0.29) is 12.1 Å². The number of hydrogen-bond donors (Lipinski definition) is 0. The van der Waals surface area contributed by atoms with Crippen LogP contribution < -0.4 is 4.74 Å². The summed E-state index contributed by atoms with van der Waals surface area (Å²) in [6.45, 7) is 6.66. The summed E-state index contributed by atoms with van der Waals surface area (Å²) in [5.74, 6) is 0.567. The molecule has 1 aromatic carbocycles. The Kier molecular flexibility index (Phi) is 10.7. The Labute approximate surface area is 184 Å². The smallest absolute Gasteiger partial charge is 0.410 e. The van der Waals surface area contributed by atoms with E-state index in [1.807, 2.05) is 25.3 Å². The minimum Gasteiger partial charge on any atom is -0.410 e. The molecule has 0 atom stereocenters. The quantitative estimate of drug-likeness (QED) is 0.319. The maximum Gasteiger partial charge on any atom is 0.415 e. The van der Waals surface area contributed by atoms with Crippen molar-refractivity contribution in [2.45, 2.75) is 57.1 Å². The van der Waals surface area contributed by atoms with Crippen molar-refractivity contribution in [1.29, 1.82) is 0 Å². The van der Waals surface area contributed by atoms with Gasteiger partial charge in [-0.1, -0.05) is 22.0 Å². The van der Waals surface area contributed by atoms with Gasteiger partial charge in [0.05, 0.1) is 6.10 Å². The minimum absolute atomic E-state index is 0.221. The van der Waals surface area contributed by atoms with Gasteiger partial charge >= 0.3 is 6.09 Å². The first-order valence-electron chi connectivity index (χ1n) is 10.6.